The third-order valence-corrected chi connectivity index (χ3v) is 9.54. The number of thiazole rings is 1. The Kier molecular flexibility index (Phi) is 8.51. The van der Waals surface area contributed by atoms with Gasteiger partial charge in [0.2, 0.25) is 0 Å². The van der Waals surface area contributed by atoms with Gasteiger partial charge in [-0.3, -0.25) is 9.36 Å². The molecule has 2 aromatic heterocycles. The molecule has 0 saturated heterocycles. The zero-order chi connectivity index (χ0) is 29.9. The lowest BCUT2D eigenvalue weighted by molar-refractivity contribution is -0.138. The van der Waals surface area contributed by atoms with Gasteiger partial charge >= 0.3 is 5.97 Å². The number of carbonyl (C=O) groups excluding carboxylic acids is 1. The van der Waals surface area contributed by atoms with E-state index in [0.717, 1.165) is 20.5 Å². The zero-order valence-electron chi connectivity index (χ0n) is 23.2. The maximum atomic E-state index is 14.1. The Bertz CT molecular complexity index is 2000. The number of nitrogens with zero attached hydrogens (tertiary/aromatic N) is 2. The van der Waals surface area contributed by atoms with Crippen LogP contribution in [-0.2, 0) is 9.53 Å². The topological polar surface area (TPSA) is 83.0 Å². The number of furan rings is 1. The summed E-state index contributed by atoms with van der Waals surface area (Å²) in [6.45, 7) is 1.94. The van der Waals surface area contributed by atoms with E-state index < -0.39 is 12.0 Å². The first-order chi connectivity index (χ1) is 21.0. The van der Waals surface area contributed by atoms with Crippen LogP contribution in [0, 0.1) is 0 Å². The van der Waals surface area contributed by atoms with Crippen LogP contribution in [0.25, 0.3) is 11.8 Å². The molecule has 0 aliphatic carbocycles. The molecule has 1 atom stereocenters. The van der Waals surface area contributed by atoms with Gasteiger partial charge < -0.3 is 13.9 Å². The van der Waals surface area contributed by atoms with Crippen molar-refractivity contribution in [2.24, 2.45) is 4.99 Å². The molecule has 0 N–H and O–H groups in total. The van der Waals surface area contributed by atoms with Crippen LogP contribution in [0.1, 0.15) is 29.9 Å². The molecule has 3 heterocycles. The summed E-state index contributed by atoms with van der Waals surface area (Å²) in [6, 6.07) is 27.7. The van der Waals surface area contributed by atoms with Gasteiger partial charge in [-0.25, -0.2) is 9.79 Å². The molecule has 3 aromatic carbocycles. The molecular weight excluding hydrogens is 648 g/mol. The number of rotatable bonds is 8. The van der Waals surface area contributed by atoms with Crippen molar-refractivity contribution in [1.29, 1.82) is 0 Å². The zero-order valence-corrected chi connectivity index (χ0v) is 26.4. The highest BCUT2D eigenvalue weighted by molar-refractivity contribution is 9.10. The smallest absolute Gasteiger partial charge is 0.338 e. The third kappa shape index (κ3) is 5.90. The number of fused-ring (bicyclic) bond motifs is 1. The standard InChI is InChI=1S/C33H25BrN2O5S2/c1-3-40-31(38)27-28(20-10-6-4-7-11-20)35-33-36(29(27)21-14-16-22(39-2)17-15-21)30(37)26(43-33)19-23-18-25(34)32(41-23)42-24-12-8-5-9-13-24/h4-19,29H,3H2,1-2H3/b26-19+/t29-/m1/s1. The number of aromatic nitrogens is 1. The van der Waals surface area contributed by atoms with Gasteiger partial charge in [0, 0.05) is 16.5 Å². The molecule has 7 nitrogen and oxygen atoms in total. The Morgan fingerprint density at radius 3 is 2.44 bits per heavy atom. The van der Waals surface area contributed by atoms with Crippen molar-refractivity contribution in [1.82, 2.24) is 4.57 Å². The van der Waals surface area contributed by atoms with Gasteiger partial charge in [0.15, 0.2) is 9.89 Å². The number of halogens is 1. The van der Waals surface area contributed by atoms with Crippen molar-refractivity contribution in [3.8, 4) is 5.75 Å². The number of ether oxygens (including phenoxy) is 2. The fraction of sp³-hybridized carbons (Fsp3) is 0.121. The Hall–Kier alpha value is -4.12. The van der Waals surface area contributed by atoms with Crippen molar-refractivity contribution >= 4 is 56.8 Å². The van der Waals surface area contributed by atoms with E-state index in [-0.39, 0.29) is 12.2 Å². The highest BCUT2D eigenvalue weighted by Gasteiger charge is 2.35. The van der Waals surface area contributed by atoms with Crippen molar-refractivity contribution in [3.63, 3.8) is 0 Å². The lowest BCUT2D eigenvalue weighted by atomic mass is 9.93. The van der Waals surface area contributed by atoms with Gasteiger partial charge in [-0.05, 0) is 58.7 Å². The van der Waals surface area contributed by atoms with E-state index in [0.29, 0.717) is 37.2 Å². The van der Waals surface area contributed by atoms with Crippen molar-refractivity contribution in [2.45, 2.75) is 23.0 Å². The first-order valence-electron chi connectivity index (χ1n) is 13.4. The summed E-state index contributed by atoms with van der Waals surface area (Å²) in [5.74, 6) is 0.649. The van der Waals surface area contributed by atoms with Gasteiger partial charge in [-0.1, -0.05) is 83.8 Å². The van der Waals surface area contributed by atoms with E-state index in [4.69, 9.17) is 18.9 Å². The highest BCUT2D eigenvalue weighted by atomic mass is 79.9. The minimum absolute atomic E-state index is 0.181. The van der Waals surface area contributed by atoms with Crippen LogP contribution in [0.3, 0.4) is 0 Å². The molecule has 1 aliphatic rings. The van der Waals surface area contributed by atoms with Crippen LogP contribution in [-0.4, -0.2) is 24.3 Å². The molecule has 0 spiro atoms. The van der Waals surface area contributed by atoms with Crippen molar-refractivity contribution in [3.05, 3.63) is 138 Å². The largest absolute Gasteiger partial charge is 0.497 e. The molecule has 0 fully saturated rings. The maximum Gasteiger partial charge on any atom is 0.338 e. The Morgan fingerprint density at radius 2 is 1.77 bits per heavy atom. The number of methoxy groups -OCH3 is 1. The number of carbonyl (C=O) groups is 1. The maximum absolute atomic E-state index is 14.1. The minimum atomic E-state index is -0.772. The second-order valence-electron chi connectivity index (χ2n) is 9.40. The van der Waals surface area contributed by atoms with Crippen molar-refractivity contribution in [2.75, 3.05) is 13.7 Å². The Balaban J connectivity index is 1.53. The molecule has 10 heteroatoms. The van der Waals surface area contributed by atoms with Crippen LogP contribution in [0.4, 0.5) is 0 Å². The van der Waals surface area contributed by atoms with Gasteiger partial charge in [-0.15, -0.1) is 0 Å². The molecular formula is C33H25BrN2O5S2. The first-order valence-corrected chi connectivity index (χ1v) is 15.8. The molecule has 0 radical (unpaired) electrons. The fourth-order valence-electron chi connectivity index (χ4n) is 4.78. The summed E-state index contributed by atoms with van der Waals surface area (Å²) in [5, 5.41) is 0.678. The van der Waals surface area contributed by atoms with E-state index >= 15 is 0 Å². The molecule has 0 amide bonds. The van der Waals surface area contributed by atoms with Crippen LogP contribution < -0.4 is 19.6 Å². The number of esters is 1. The molecule has 43 heavy (non-hydrogen) atoms. The molecule has 0 bridgehead atoms. The SMILES string of the molecule is CCOC(=O)C1=C(c2ccccc2)N=c2s/c(=C/c3cc(Br)c(Sc4ccccc4)o3)c(=O)n2[C@@H]1c1ccc(OC)cc1. The average molecular weight is 674 g/mol. The first kappa shape index (κ1) is 29.0. The summed E-state index contributed by atoms with van der Waals surface area (Å²) in [6.07, 6.45) is 1.71. The molecule has 1 aliphatic heterocycles. The van der Waals surface area contributed by atoms with E-state index in [1.54, 1.807) is 24.7 Å². The number of hydrogen-bond acceptors (Lipinski definition) is 8. The Morgan fingerprint density at radius 1 is 1.07 bits per heavy atom. The lowest BCUT2D eigenvalue weighted by Gasteiger charge is -2.26. The summed E-state index contributed by atoms with van der Waals surface area (Å²) < 4.78 is 19.8. The second kappa shape index (κ2) is 12.6. The van der Waals surface area contributed by atoms with Crippen LogP contribution in [0.15, 0.2) is 125 Å². The molecule has 216 valence electrons. The van der Waals surface area contributed by atoms with Gasteiger partial charge in [0.25, 0.3) is 5.56 Å². The minimum Gasteiger partial charge on any atom is -0.497 e. The normalized spacial score (nSPS) is 14.8. The molecule has 0 saturated carbocycles. The van der Waals surface area contributed by atoms with Crippen LogP contribution in [0.2, 0.25) is 0 Å². The van der Waals surface area contributed by atoms with Crippen LogP contribution >= 0.6 is 39.0 Å². The van der Waals surface area contributed by atoms with Crippen LogP contribution in [0.5, 0.6) is 5.75 Å². The lowest BCUT2D eigenvalue weighted by Crippen LogP contribution is -2.40. The monoisotopic (exact) mass is 672 g/mol. The summed E-state index contributed by atoms with van der Waals surface area (Å²) in [7, 11) is 1.59. The summed E-state index contributed by atoms with van der Waals surface area (Å²) in [4.78, 5) is 34.1. The summed E-state index contributed by atoms with van der Waals surface area (Å²) >= 11 is 6.31. The number of hydrogen-bond donors (Lipinski definition) is 0. The van der Waals surface area contributed by atoms with Gasteiger partial charge in [0.1, 0.15) is 11.5 Å². The fourth-order valence-corrected chi connectivity index (χ4v) is 7.11. The van der Waals surface area contributed by atoms with E-state index in [1.165, 1.54) is 23.1 Å². The quantitative estimate of drug-likeness (QED) is 0.176. The predicted molar refractivity (Wildman–Crippen MR) is 171 cm³/mol. The predicted octanol–water partition coefficient (Wildman–Crippen LogP) is 6.45. The summed E-state index contributed by atoms with van der Waals surface area (Å²) in [5.41, 5.74) is 1.94. The molecule has 5 aromatic rings. The van der Waals surface area contributed by atoms with Gasteiger partial charge in [-0.2, -0.15) is 0 Å². The third-order valence-electron chi connectivity index (χ3n) is 6.71. The molecule has 0 unspecified atom stereocenters. The van der Waals surface area contributed by atoms with Crippen molar-refractivity contribution < 1.29 is 18.7 Å². The van der Waals surface area contributed by atoms with E-state index in [2.05, 4.69) is 15.9 Å². The second-order valence-corrected chi connectivity index (χ2v) is 12.3. The average Bonchev–Trinajstić information content (AvgIpc) is 3.54. The highest BCUT2D eigenvalue weighted by Crippen LogP contribution is 2.37. The number of benzene rings is 3. The van der Waals surface area contributed by atoms with E-state index in [1.807, 2.05) is 91.0 Å². The van der Waals surface area contributed by atoms with E-state index in [9.17, 15) is 9.59 Å². The van der Waals surface area contributed by atoms with Gasteiger partial charge in [0.05, 0.1) is 40.0 Å². The molecule has 6 rings (SSSR count). The Labute approximate surface area is 263 Å².